The largest absolute Gasteiger partial charge is 0.464 e. The van der Waals surface area contributed by atoms with E-state index in [-0.39, 0.29) is 13.0 Å². The summed E-state index contributed by atoms with van der Waals surface area (Å²) in [5.41, 5.74) is 7.19. The molecule has 0 aromatic heterocycles. The maximum Gasteiger partial charge on any atom is 0.330 e. The molecule has 134 valence electrons. The summed E-state index contributed by atoms with van der Waals surface area (Å²) in [7, 11) is 0. The van der Waals surface area contributed by atoms with Gasteiger partial charge in [0.2, 0.25) is 0 Å². The van der Waals surface area contributed by atoms with Crippen LogP contribution in [0.25, 0.3) is 0 Å². The summed E-state index contributed by atoms with van der Waals surface area (Å²) in [6, 6.07) is 2.82. The SMILES string of the molecule is CCOC(=O)C(N)(CCCCN)c1c(Cl)c(F)c(C#N)c(F)c1C#N. The second kappa shape index (κ2) is 8.72. The van der Waals surface area contributed by atoms with Crippen molar-refractivity contribution in [3.8, 4) is 12.1 Å². The molecule has 1 rings (SSSR count). The Bertz CT molecular complexity index is 758. The molecule has 25 heavy (non-hydrogen) atoms. The van der Waals surface area contributed by atoms with E-state index in [4.69, 9.17) is 33.1 Å². The zero-order chi connectivity index (χ0) is 19.2. The molecule has 0 spiro atoms. The van der Waals surface area contributed by atoms with Crippen molar-refractivity contribution >= 4 is 17.6 Å². The van der Waals surface area contributed by atoms with Gasteiger partial charge in [-0.3, -0.25) is 0 Å². The molecule has 0 aliphatic heterocycles. The summed E-state index contributed by atoms with van der Waals surface area (Å²) in [4.78, 5) is 12.4. The second-order valence-corrected chi connectivity index (χ2v) is 5.61. The van der Waals surface area contributed by atoms with Gasteiger partial charge in [0, 0.05) is 5.56 Å². The molecule has 6 nitrogen and oxygen atoms in total. The summed E-state index contributed by atoms with van der Waals surface area (Å²) in [5, 5.41) is 17.4. The first-order chi connectivity index (χ1) is 11.8. The summed E-state index contributed by atoms with van der Waals surface area (Å²) in [5.74, 6) is -3.78. The van der Waals surface area contributed by atoms with E-state index in [2.05, 4.69) is 0 Å². The number of esters is 1. The lowest BCUT2D eigenvalue weighted by atomic mass is 9.82. The zero-order valence-corrected chi connectivity index (χ0v) is 14.3. The molecule has 0 amide bonds. The van der Waals surface area contributed by atoms with Crippen LogP contribution >= 0.6 is 11.6 Å². The molecule has 0 aliphatic carbocycles. The first-order valence-corrected chi connectivity index (χ1v) is 7.85. The van der Waals surface area contributed by atoms with Crippen LogP contribution in [0.2, 0.25) is 5.02 Å². The molecule has 0 saturated carbocycles. The van der Waals surface area contributed by atoms with Crippen molar-refractivity contribution in [1.82, 2.24) is 0 Å². The average molecular weight is 371 g/mol. The Kier molecular flexibility index (Phi) is 7.25. The van der Waals surface area contributed by atoms with E-state index in [1.165, 1.54) is 19.1 Å². The number of hydrogen-bond acceptors (Lipinski definition) is 6. The molecule has 0 heterocycles. The minimum Gasteiger partial charge on any atom is -0.464 e. The van der Waals surface area contributed by atoms with E-state index in [1.807, 2.05) is 0 Å². The third-order valence-corrected chi connectivity index (χ3v) is 4.01. The lowest BCUT2D eigenvalue weighted by Gasteiger charge is -2.29. The first kappa shape index (κ1) is 20.8. The quantitative estimate of drug-likeness (QED) is 0.430. The molecule has 0 fully saturated rings. The van der Waals surface area contributed by atoms with Crippen molar-refractivity contribution < 1.29 is 18.3 Å². The highest BCUT2D eigenvalue weighted by Gasteiger charge is 2.43. The van der Waals surface area contributed by atoms with Gasteiger partial charge in [-0.25, -0.2) is 13.6 Å². The Hall–Kier alpha value is -2.26. The van der Waals surface area contributed by atoms with E-state index in [0.717, 1.165) is 0 Å². The fourth-order valence-corrected chi connectivity index (χ4v) is 2.78. The molecule has 1 aromatic carbocycles. The van der Waals surface area contributed by atoms with E-state index >= 15 is 0 Å². The number of halogens is 3. The molecule has 4 N–H and O–H groups in total. The molecule has 0 bridgehead atoms. The fourth-order valence-electron chi connectivity index (χ4n) is 2.42. The summed E-state index contributed by atoms with van der Waals surface area (Å²) >= 11 is 5.92. The standard InChI is InChI=1S/C16H17ClF2N4O2/c1-2-25-15(24)16(23,5-3-4-6-20)11-9(7-21)13(18)10(8-22)14(19)12(11)17/h2-6,20,23H2,1H3. The normalized spacial score (nSPS) is 12.8. The van der Waals surface area contributed by atoms with E-state index in [1.54, 1.807) is 0 Å². The predicted octanol–water partition coefficient (Wildman–Crippen LogP) is 2.21. The van der Waals surface area contributed by atoms with Crippen LogP contribution in [0.15, 0.2) is 0 Å². The Morgan fingerprint density at radius 2 is 1.84 bits per heavy atom. The summed E-state index contributed by atoms with van der Waals surface area (Å²) in [6.07, 6.45) is 0.720. The van der Waals surface area contributed by atoms with Crippen LogP contribution in [0, 0.1) is 34.3 Å². The van der Waals surface area contributed by atoms with E-state index in [0.29, 0.717) is 19.4 Å². The van der Waals surface area contributed by atoms with Gasteiger partial charge in [0.15, 0.2) is 11.6 Å². The number of benzene rings is 1. The van der Waals surface area contributed by atoms with Crippen LogP contribution in [0.3, 0.4) is 0 Å². The van der Waals surface area contributed by atoms with Crippen LogP contribution in [0.4, 0.5) is 8.78 Å². The Morgan fingerprint density at radius 3 is 2.32 bits per heavy atom. The van der Waals surface area contributed by atoms with Gasteiger partial charge in [0.1, 0.15) is 23.2 Å². The third kappa shape index (κ3) is 3.88. The lowest BCUT2D eigenvalue weighted by Crippen LogP contribution is -2.47. The second-order valence-electron chi connectivity index (χ2n) is 5.23. The smallest absolute Gasteiger partial charge is 0.330 e. The predicted molar refractivity (Wildman–Crippen MR) is 86.2 cm³/mol. The Morgan fingerprint density at radius 1 is 1.24 bits per heavy atom. The maximum atomic E-state index is 14.4. The van der Waals surface area contributed by atoms with Crippen molar-refractivity contribution in [1.29, 1.82) is 10.5 Å². The van der Waals surface area contributed by atoms with Crippen LogP contribution in [-0.2, 0) is 15.1 Å². The van der Waals surface area contributed by atoms with Crippen molar-refractivity contribution in [3.05, 3.63) is 33.3 Å². The topological polar surface area (TPSA) is 126 Å². The Labute approximate surface area is 148 Å². The lowest BCUT2D eigenvalue weighted by molar-refractivity contribution is -0.150. The van der Waals surface area contributed by atoms with Gasteiger partial charge in [0.05, 0.1) is 17.2 Å². The molecule has 0 radical (unpaired) electrons. The van der Waals surface area contributed by atoms with E-state index in [9.17, 15) is 18.8 Å². The number of nitriles is 2. The first-order valence-electron chi connectivity index (χ1n) is 7.47. The third-order valence-electron chi connectivity index (χ3n) is 3.66. The van der Waals surface area contributed by atoms with Gasteiger partial charge in [-0.05, 0) is 32.7 Å². The highest BCUT2D eigenvalue weighted by Crippen LogP contribution is 2.38. The minimum atomic E-state index is -2.05. The number of ether oxygens (including phenoxy) is 1. The van der Waals surface area contributed by atoms with Crippen molar-refractivity contribution in [2.75, 3.05) is 13.2 Å². The summed E-state index contributed by atoms with van der Waals surface area (Å²) < 4.78 is 33.6. The molecule has 9 heteroatoms. The molecule has 1 aromatic rings. The highest BCUT2D eigenvalue weighted by atomic mass is 35.5. The highest BCUT2D eigenvalue weighted by molar-refractivity contribution is 6.32. The van der Waals surface area contributed by atoms with Gasteiger partial charge < -0.3 is 16.2 Å². The van der Waals surface area contributed by atoms with Crippen molar-refractivity contribution in [3.63, 3.8) is 0 Å². The number of unbranched alkanes of at least 4 members (excludes halogenated alkanes) is 1. The molecular formula is C16H17ClF2N4O2. The van der Waals surface area contributed by atoms with Crippen LogP contribution in [-0.4, -0.2) is 19.1 Å². The average Bonchev–Trinajstić information content (AvgIpc) is 2.58. The summed E-state index contributed by atoms with van der Waals surface area (Å²) in [6.45, 7) is 1.81. The van der Waals surface area contributed by atoms with Gasteiger partial charge >= 0.3 is 5.97 Å². The van der Waals surface area contributed by atoms with Crippen molar-refractivity contribution in [2.45, 2.75) is 31.7 Å². The van der Waals surface area contributed by atoms with Crippen molar-refractivity contribution in [2.24, 2.45) is 11.5 Å². The molecule has 0 aliphatic rings. The van der Waals surface area contributed by atoms with Crippen LogP contribution in [0.5, 0.6) is 0 Å². The number of hydrogen-bond donors (Lipinski definition) is 2. The monoisotopic (exact) mass is 370 g/mol. The molecule has 0 saturated heterocycles. The number of nitrogens with two attached hydrogens (primary N) is 2. The minimum absolute atomic E-state index is 0.0323. The molecule has 1 atom stereocenters. The number of carbonyl (C=O) groups is 1. The zero-order valence-electron chi connectivity index (χ0n) is 13.5. The van der Waals surface area contributed by atoms with E-state index < -0.39 is 44.9 Å². The fraction of sp³-hybridized carbons (Fsp3) is 0.438. The van der Waals surface area contributed by atoms with Crippen LogP contribution in [0.1, 0.15) is 42.9 Å². The molecule has 1 unspecified atom stereocenters. The maximum absolute atomic E-state index is 14.4. The van der Waals surface area contributed by atoms with Gasteiger partial charge in [-0.15, -0.1) is 0 Å². The number of rotatable bonds is 7. The van der Waals surface area contributed by atoms with Crippen LogP contribution < -0.4 is 11.5 Å². The van der Waals surface area contributed by atoms with Gasteiger partial charge in [-0.1, -0.05) is 11.6 Å². The van der Waals surface area contributed by atoms with Gasteiger partial charge in [0.25, 0.3) is 0 Å². The molecular weight excluding hydrogens is 354 g/mol. The number of nitrogens with zero attached hydrogens (tertiary/aromatic N) is 2. The number of carbonyl (C=O) groups excluding carboxylic acids is 1. The Balaban J connectivity index is 3.73. The van der Waals surface area contributed by atoms with Gasteiger partial charge in [-0.2, -0.15) is 10.5 Å².